The summed E-state index contributed by atoms with van der Waals surface area (Å²) in [4.78, 5) is 11.3. The van der Waals surface area contributed by atoms with Crippen LogP contribution in [0.2, 0.25) is 5.02 Å². The third-order valence-corrected chi connectivity index (χ3v) is 2.91. The molecule has 0 aliphatic carbocycles. The second kappa shape index (κ2) is 6.78. The smallest absolute Gasteiger partial charge is 0.308 e. The monoisotopic (exact) mass is 286 g/mol. The van der Waals surface area contributed by atoms with E-state index in [0.717, 1.165) is 0 Å². The van der Waals surface area contributed by atoms with Gasteiger partial charge in [0.25, 0.3) is 0 Å². The molecule has 1 aromatic carbocycles. The first-order valence-corrected chi connectivity index (χ1v) is 6.51. The fourth-order valence-corrected chi connectivity index (χ4v) is 1.62. The van der Waals surface area contributed by atoms with Gasteiger partial charge in [-0.15, -0.1) is 0 Å². The van der Waals surface area contributed by atoms with E-state index in [2.05, 4.69) is 0 Å². The molecule has 0 aromatic heterocycles. The van der Waals surface area contributed by atoms with Crippen molar-refractivity contribution < 1.29 is 19.4 Å². The minimum atomic E-state index is -0.956. The van der Waals surface area contributed by atoms with Crippen molar-refractivity contribution in [1.29, 1.82) is 0 Å². The molecule has 0 radical (unpaired) electrons. The SMILES string of the molecule is CCOC(=O)CC(O)C(C)(C)Oc1ccc(Cl)cc1. The highest BCUT2D eigenvalue weighted by Gasteiger charge is 2.32. The van der Waals surface area contributed by atoms with Crippen LogP contribution in [0.4, 0.5) is 0 Å². The highest BCUT2D eigenvalue weighted by molar-refractivity contribution is 6.30. The van der Waals surface area contributed by atoms with Crippen molar-refractivity contribution in [1.82, 2.24) is 0 Å². The standard InChI is InChI=1S/C14H19ClO4/c1-4-18-13(17)9-12(16)14(2,3)19-11-7-5-10(15)6-8-11/h5-8,12,16H,4,9H2,1-3H3. The lowest BCUT2D eigenvalue weighted by Gasteiger charge is -2.31. The zero-order valence-corrected chi connectivity index (χ0v) is 12.1. The number of ether oxygens (including phenoxy) is 2. The van der Waals surface area contributed by atoms with Gasteiger partial charge in [0, 0.05) is 5.02 Å². The molecule has 1 atom stereocenters. The van der Waals surface area contributed by atoms with Crippen molar-refractivity contribution in [2.45, 2.75) is 38.9 Å². The van der Waals surface area contributed by atoms with Gasteiger partial charge < -0.3 is 14.6 Å². The first-order valence-electron chi connectivity index (χ1n) is 6.13. The number of aliphatic hydroxyl groups is 1. The van der Waals surface area contributed by atoms with Gasteiger partial charge in [-0.1, -0.05) is 11.6 Å². The van der Waals surface area contributed by atoms with E-state index in [9.17, 15) is 9.90 Å². The van der Waals surface area contributed by atoms with Crippen LogP contribution >= 0.6 is 11.6 Å². The fraction of sp³-hybridized carbons (Fsp3) is 0.500. The number of hydrogen-bond donors (Lipinski definition) is 1. The lowest BCUT2D eigenvalue weighted by molar-refractivity contribution is -0.148. The van der Waals surface area contributed by atoms with Crippen molar-refractivity contribution in [2.24, 2.45) is 0 Å². The van der Waals surface area contributed by atoms with Crippen LogP contribution in [-0.4, -0.2) is 29.4 Å². The van der Waals surface area contributed by atoms with Gasteiger partial charge in [0.1, 0.15) is 17.5 Å². The van der Waals surface area contributed by atoms with Crippen LogP contribution in [0.5, 0.6) is 5.75 Å². The Morgan fingerprint density at radius 2 is 1.95 bits per heavy atom. The highest BCUT2D eigenvalue weighted by Crippen LogP contribution is 2.24. The lowest BCUT2D eigenvalue weighted by Crippen LogP contribution is -2.43. The molecular weight excluding hydrogens is 268 g/mol. The maximum Gasteiger partial charge on any atom is 0.308 e. The molecule has 1 rings (SSSR count). The summed E-state index contributed by atoms with van der Waals surface area (Å²) < 4.78 is 10.5. The van der Waals surface area contributed by atoms with Gasteiger partial charge in [-0.05, 0) is 45.0 Å². The van der Waals surface area contributed by atoms with Crippen molar-refractivity contribution in [3.63, 3.8) is 0 Å². The number of carbonyl (C=O) groups is 1. The molecule has 0 spiro atoms. The van der Waals surface area contributed by atoms with E-state index >= 15 is 0 Å². The van der Waals surface area contributed by atoms with Gasteiger partial charge in [0.2, 0.25) is 0 Å². The zero-order valence-electron chi connectivity index (χ0n) is 11.4. The third-order valence-electron chi connectivity index (χ3n) is 2.66. The summed E-state index contributed by atoms with van der Waals surface area (Å²) in [7, 11) is 0. The van der Waals surface area contributed by atoms with Gasteiger partial charge in [0.15, 0.2) is 0 Å². The molecule has 1 aromatic rings. The maximum atomic E-state index is 11.3. The van der Waals surface area contributed by atoms with Crippen molar-refractivity contribution in [3.05, 3.63) is 29.3 Å². The number of carbonyl (C=O) groups excluding carboxylic acids is 1. The Labute approximate surface area is 118 Å². The van der Waals surface area contributed by atoms with Gasteiger partial charge >= 0.3 is 5.97 Å². The quantitative estimate of drug-likeness (QED) is 0.817. The third kappa shape index (κ3) is 5.09. The number of aliphatic hydroxyl groups excluding tert-OH is 1. The molecule has 1 unspecified atom stereocenters. The second-order valence-electron chi connectivity index (χ2n) is 4.68. The first-order chi connectivity index (χ1) is 8.85. The van der Waals surface area contributed by atoms with Gasteiger partial charge in [-0.3, -0.25) is 4.79 Å². The largest absolute Gasteiger partial charge is 0.485 e. The van der Waals surface area contributed by atoms with Crippen molar-refractivity contribution >= 4 is 17.6 Å². The second-order valence-corrected chi connectivity index (χ2v) is 5.12. The summed E-state index contributed by atoms with van der Waals surface area (Å²) in [6.07, 6.45) is -1.06. The first kappa shape index (κ1) is 15.8. The molecule has 4 nitrogen and oxygen atoms in total. The van der Waals surface area contributed by atoms with Crippen LogP contribution in [0, 0.1) is 0 Å². The number of rotatable bonds is 6. The van der Waals surface area contributed by atoms with E-state index in [4.69, 9.17) is 21.1 Å². The summed E-state index contributed by atoms with van der Waals surface area (Å²) in [6.45, 7) is 5.45. The Morgan fingerprint density at radius 1 is 1.37 bits per heavy atom. The number of benzene rings is 1. The summed E-state index contributed by atoms with van der Waals surface area (Å²) in [5.41, 5.74) is -0.902. The van der Waals surface area contributed by atoms with Gasteiger partial charge in [-0.25, -0.2) is 0 Å². The van der Waals surface area contributed by atoms with Crippen LogP contribution in [0.15, 0.2) is 24.3 Å². The zero-order chi connectivity index (χ0) is 14.5. The Bertz CT molecular complexity index is 414. The summed E-state index contributed by atoms with van der Waals surface area (Å²) >= 11 is 5.78. The Kier molecular flexibility index (Phi) is 5.63. The molecule has 0 fully saturated rings. The van der Waals surface area contributed by atoms with E-state index in [-0.39, 0.29) is 6.42 Å². The molecular formula is C14H19ClO4. The van der Waals surface area contributed by atoms with Gasteiger partial charge in [0.05, 0.1) is 13.0 Å². The molecule has 5 heteroatoms. The predicted octanol–water partition coefficient (Wildman–Crippen LogP) is 2.81. The van der Waals surface area contributed by atoms with Crippen LogP contribution in [0.3, 0.4) is 0 Å². The van der Waals surface area contributed by atoms with E-state index in [1.807, 2.05) is 0 Å². The molecule has 1 N–H and O–H groups in total. The fourth-order valence-electron chi connectivity index (χ4n) is 1.50. The van der Waals surface area contributed by atoms with Crippen LogP contribution in [0.1, 0.15) is 27.2 Å². The van der Waals surface area contributed by atoms with E-state index < -0.39 is 17.7 Å². The Balaban J connectivity index is 2.63. The molecule has 0 saturated heterocycles. The number of hydrogen-bond acceptors (Lipinski definition) is 4. The summed E-state index contributed by atoms with van der Waals surface area (Å²) in [5.74, 6) is 0.139. The van der Waals surface area contributed by atoms with E-state index in [0.29, 0.717) is 17.4 Å². The molecule has 0 amide bonds. The average molecular weight is 287 g/mol. The van der Waals surface area contributed by atoms with E-state index in [1.165, 1.54) is 0 Å². The van der Waals surface area contributed by atoms with E-state index in [1.54, 1.807) is 45.0 Å². The topological polar surface area (TPSA) is 55.8 Å². The molecule has 0 heterocycles. The molecule has 0 aliphatic heterocycles. The average Bonchev–Trinajstić information content (AvgIpc) is 2.32. The van der Waals surface area contributed by atoms with Crippen LogP contribution < -0.4 is 4.74 Å². The normalized spacial score (nSPS) is 12.9. The molecule has 0 saturated carbocycles. The number of esters is 1. The lowest BCUT2D eigenvalue weighted by atomic mass is 9.98. The van der Waals surface area contributed by atoms with Crippen molar-refractivity contribution in [2.75, 3.05) is 6.61 Å². The summed E-state index contributed by atoms with van der Waals surface area (Å²) in [5, 5.41) is 10.6. The Hall–Kier alpha value is -1.26. The molecule has 19 heavy (non-hydrogen) atoms. The minimum absolute atomic E-state index is 0.103. The van der Waals surface area contributed by atoms with Crippen molar-refractivity contribution in [3.8, 4) is 5.75 Å². The molecule has 0 aliphatic rings. The molecule has 0 bridgehead atoms. The minimum Gasteiger partial charge on any atom is -0.485 e. The molecule has 106 valence electrons. The van der Waals surface area contributed by atoms with Crippen LogP contribution in [-0.2, 0) is 9.53 Å². The maximum absolute atomic E-state index is 11.3. The Morgan fingerprint density at radius 3 is 2.47 bits per heavy atom. The number of halogens is 1. The van der Waals surface area contributed by atoms with Gasteiger partial charge in [-0.2, -0.15) is 0 Å². The summed E-state index contributed by atoms with van der Waals surface area (Å²) in [6, 6.07) is 6.82. The van der Waals surface area contributed by atoms with Crippen LogP contribution in [0.25, 0.3) is 0 Å². The predicted molar refractivity (Wildman–Crippen MR) is 73.4 cm³/mol. The highest BCUT2D eigenvalue weighted by atomic mass is 35.5.